The van der Waals surface area contributed by atoms with Gasteiger partial charge in [-0.2, -0.15) is 0 Å². The molecule has 32 heavy (non-hydrogen) atoms. The Morgan fingerprint density at radius 2 is 1.50 bits per heavy atom. The molecule has 9 nitrogen and oxygen atoms in total. The topological polar surface area (TPSA) is 129 Å². The van der Waals surface area contributed by atoms with E-state index in [4.69, 9.17) is 9.94 Å². The van der Waals surface area contributed by atoms with Crippen molar-refractivity contribution >= 4 is 29.2 Å². The number of amides is 4. The number of nitrogens with one attached hydrogen (secondary N) is 4. The van der Waals surface area contributed by atoms with E-state index in [0.29, 0.717) is 22.7 Å². The van der Waals surface area contributed by atoms with Crippen LogP contribution < -0.4 is 26.2 Å². The van der Waals surface area contributed by atoms with Crippen LogP contribution in [0.3, 0.4) is 0 Å². The van der Waals surface area contributed by atoms with E-state index in [-0.39, 0.29) is 5.56 Å². The third-order valence-electron chi connectivity index (χ3n) is 4.54. The lowest BCUT2D eigenvalue weighted by Crippen LogP contribution is -2.39. The summed E-state index contributed by atoms with van der Waals surface area (Å²) in [5.74, 6) is -0.666. The van der Waals surface area contributed by atoms with Crippen LogP contribution in [0.15, 0.2) is 78.9 Å². The Labute approximate surface area is 184 Å². The summed E-state index contributed by atoms with van der Waals surface area (Å²) in [7, 11) is 1.49. The molecule has 0 unspecified atom stereocenters. The van der Waals surface area contributed by atoms with Crippen LogP contribution in [0.5, 0.6) is 5.75 Å². The predicted octanol–water partition coefficient (Wildman–Crippen LogP) is 3.32. The van der Waals surface area contributed by atoms with E-state index in [2.05, 4.69) is 16.0 Å². The van der Waals surface area contributed by atoms with Crippen LogP contribution in [0.1, 0.15) is 22.0 Å². The number of methoxy groups -OCH3 is 1. The van der Waals surface area contributed by atoms with Crippen LogP contribution in [0.4, 0.5) is 16.2 Å². The Kier molecular flexibility index (Phi) is 7.39. The summed E-state index contributed by atoms with van der Waals surface area (Å²) in [4.78, 5) is 37.1. The maximum atomic E-state index is 13.0. The number of hydrogen-bond donors (Lipinski definition) is 5. The SMILES string of the molecule is COc1ccccc1NC(=O)N[C@H](C(=O)Nc1ccc(C(=O)NO)cc1)c1ccccc1. The Bertz CT molecular complexity index is 1090. The van der Waals surface area contributed by atoms with Gasteiger partial charge in [0.15, 0.2) is 0 Å². The molecule has 0 radical (unpaired) electrons. The normalized spacial score (nSPS) is 11.1. The smallest absolute Gasteiger partial charge is 0.320 e. The summed E-state index contributed by atoms with van der Waals surface area (Å²) in [6.45, 7) is 0. The van der Waals surface area contributed by atoms with Gasteiger partial charge in [0.2, 0.25) is 0 Å². The summed E-state index contributed by atoms with van der Waals surface area (Å²) < 4.78 is 5.23. The van der Waals surface area contributed by atoms with Crippen LogP contribution in [0.2, 0.25) is 0 Å². The molecule has 0 bridgehead atoms. The first-order chi connectivity index (χ1) is 15.5. The fraction of sp³-hybridized carbons (Fsp3) is 0.0870. The lowest BCUT2D eigenvalue weighted by Gasteiger charge is -2.20. The van der Waals surface area contributed by atoms with Crippen molar-refractivity contribution in [3.8, 4) is 5.75 Å². The molecule has 3 aromatic rings. The third kappa shape index (κ3) is 5.61. The molecule has 0 heterocycles. The number of para-hydroxylation sites is 2. The molecular weight excluding hydrogens is 412 g/mol. The highest BCUT2D eigenvalue weighted by atomic mass is 16.5. The van der Waals surface area contributed by atoms with Gasteiger partial charge in [-0.3, -0.25) is 14.8 Å². The summed E-state index contributed by atoms with van der Waals surface area (Å²) in [5, 5.41) is 16.8. The third-order valence-corrected chi connectivity index (χ3v) is 4.54. The number of urea groups is 1. The molecule has 5 N–H and O–H groups in total. The van der Waals surface area contributed by atoms with Crippen molar-refractivity contribution in [3.63, 3.8) is 0 Å². The van der Waals surface area contributed by atoms with E-state index < -0.39 is 23.9 Å². The van der Waals surface area contributed by atoms with Gasteiger partial charge in [0.05, 0.1) is 12.8 Å². The summed E-state index contributed by atoms with van der Waals surface area (Å²) in [6.07, 6.45) is 0. The predicted molar refractivity (Wildman–Crippen MR) is 119 cm³/mol. The molecule has 3 rings (SSSR count). The zero-order chi connectivity index (χ0) is 22.9. The van der Waals surface area contributed by atoms with Gasteiger partial charge in [-0.15, -0.1) is 0 Å². The Hall–Kier alpha value is -4.37. The van der Waals surface area contributed by atoms with Crippen molar-refractivity contribution in [2.24, 2.45) is 0 Å². The van der Waals surface area contributed by atoms with E-state index in [1.54, 1.807) is 60.1 Å². The minimum atomic E-state index is -0.994. The van der Waals surface area contributed by atoms with Crippen molar-refractivity contribution in [2.75, 3.05) is 17.7 Å². The second-order valence-electron chi connectivity index (χ2n) is 6.65. The highest BCUT2D eigenvalue weighted by molar-refractivity contribution is 6.00. The lowest BCUT2D eigenvalue weighted by atomic mass is 10.1. The van der Waals surface area contributed by atoms with Gasteiger partial charge in [0.1, 0.15) is 11.8 Å². The molecule has 4 amide bonds. The van der Waals surface area contributed by atoms with Gasteiger partial charge in [-0.25, -0.2) is 10.3 Å². The van der Waals surface area contributed by atoms with E-state index in [1.807, 2.05) is 0 Å². The molecule has 0 aromatic heterocycles. The fourth-order valence-corrected chi connectivity index (χ4v) is 2.97. The molecule has 164 valence electrons. The second kappa shape index (κ2) is 10.6. The molecule has 9 heteroatoms. The monoisotopic (exact) mass is 434 g/mol. The molecule has 0 spiro atoms. The number of anilines is 2. The quantitative estimate of drug-likeness (QED) is 0.288. The first-order valence-corrected chi connectivity index (χ1v) is 9.62. The van der Waals surface area contributed by atoms with Crippen LogP contribution in [-0.2, 0) is 4.79 Å². The Morgan fingerprint density at radius 1 is 0.844 bits per heavy atom. The van der Waals surface area contributed by atoms with Gasteiger partial charge in [0.25, 0.3) is 11.8 Å². The van der Waals surface area contributed by atoms with Crippen LogP contribution in [0, 0.1) is 0 Å². The first-order valence-electron chi connectivity index (χ1n) is 9.62. The molecule has 0 fully saturated rings. The largest absolute Gasteiger partial charge is 0.495 e. The second-order valence-corrected chi connectivity index (χ2v) is 6.65. The van der Waals surface area contributed by atoms with Crippen LogP contribution in [0.25, 0.3) is 0 Å². The Morgan fingerprint density at radius 3 is 2.16 bits per heavy atom. The molecule has 0 saturated carbocycles. The minimum Gasteiger partial charge on any atom is -0.495 e. The Balaban J connectivity index is 1.76. The summed E-state index contributed by atoms with van der Waals surface area (Å²) >= 11 is 0. The molecule has 0 aliphatic heterocycles. The average molecular weight is 434 g/mol. The maximum Gasteiger partial charge on any atom is 0.320 e. The van der Waals surface area contributed by atoms with Gasteiger partial charge >= 0.3 is 6.03 Å². The minimum absolute atomic E-state index is 0.222. The highest BCUT2D eigenvalue weighted by Crippen LogP contribution is 2.23. The van der Waals surface area contributed by atoms with Crippen molar-refractivity contribution in [3.05, 3.63) is 90.0 Å². The average Bonchev–Trinajstić information content (AvgIpc) is 2.83. The maximum absolute atomic E-state index is 13.0. The molecule has 0 saturated heterocycles. The number of benzene rings is 3. The number of hydrogen-bond acceptors (Lipinski definition) is 5. The first kappa shape index (κ1) is 22.3. The number of carbonyl (C=O) groups excluding carboxylic acids is 3. The number of rotatable bonds is 7. The highest BCUT2D eigenvalue weighted by Gasteiger charge is 2.23. The van der Waals surface area contributed by atoms with Crippen LogP contribution in [-0.4, -0.2) is 30.2 Å². The molecule has 0 aliphatic carbocycles. The molecular formula is C23H22N4O5. The van der Waals surface area contributed by atoms with Crippen molar-refractivity contribution in [1.82, 2.24) is 10.8 Å². The summed E-state index contributed by atoms with van der Waals surface area (Å²) in [5.41, 5.74) is 3.21. The lowest BCUT2D eigenvalue weighted by molar-refractivity contribution is -0.118. The van der Waals surface area contributed by atoms with E-state index in [9.17, 15) is 14.4 Å². The van der Waals surface area contributed by atoms with Gasteiger partial charge in [-0.1, -0.05) is 42.5 Å². The zero-order valence-corrected chi connectivity index (χ0v) is 17.2. The van der Waals surface area contributed by atoms with Crippen molar-refractivity contribution < 1.29 is 24.3 Å². The van der Waals surface area contributed by atoms with E-state index in [1.165, 1.54) is 31.4 Å². The van der Waals surface area contributed by atoms with E-state index in [0.717, 1.165) is 0 Å². The van der Waals surface area contributed by atoms with Crippen LogP contribution >= 0.6 is 0 Å². The number of carbonyl (C=O) groups is 3. The summed E-state index contributed by atoms with van der Waals surface area (Å²) in [6, 6.07) is 20.0. The fourth-order valence-electron chi connectivity index (χ4n) is 2.97. The molecule has 3 aromatic carbocycles. The van der Waals surface area contributed by atoms with Gasteiger partial charge in [0, 0.05) is 11.3 Å². The van der Waals surface area contributed by atoms with E-state index >= 15 is 0 Å². The zero-order valence-electron chi connectivity index (χ0n) is 17.2. The number of ether oxygens (including phenoxy) is 1. The van der Waals surface area contributed by atoms with Crippen molar-refractivity contribution in [1.29, 1.82) is 0 Å². The molecule has 1 atom stereocenters. The van der Waals surface area contributed by atoms with Crippen molar-refractivity contribution in [2.45, 2.75) is 6.04 Å². The van der Waals surface area contributed by atoms with Gasteiger partial charge < -0.3 is 20.7 Å². The number of hydroxylamine groups is 1. The molecule has 0 aliphatic rings. The standard InChI is InChI=1S/C23H22N4O5/c1-32-19-10-6-5-9-18(19)25-23(30)26-20(15-7-3-2-4-8-15)22(29)24-17-13-11-16(12-14-17)21(28)27-31/h2-14,20,31H,1H3,(H,24,29)(H,27,28)(H2,25,26,30)/t20-/m0/s1. The van der Waals surface area contributed by atoms with Gasteiger partial charge in [-0.05, 0) is 42.0 Å².